The van der Waals surface area contributed by atoms with E-state index >= 15 is 0 Å². The molecule has 2 aromatic heterocycles. The van der Waals surface area contributed by atoms with E-state index in [0.29, 0.717) is 0 Å². The Labute approximate surface area is 313 Å². The quantitative estimate of drug-likeness (QED) is 0.167. The molecular formula is C50H34N4. The van der Waals surface area contributed by atoms with E-state index in [0.717, 1.165) is 56.3 Å². The van der Waals surface area contributed by atoms with E-state index < -0.39 is 0 Å². The maximum atomic E-state index is 5.14. The molecule has 0 atom stereocenters. The van der Waals surface area contributed by atoms with E-state index in [-0.39, 0.29) is 0 Å². The van der Waals surface area contributed by atoms with E-state index in [1.807, 2.05) is 42.5 Å². The van der Waals surface area contributed by atoms with Crippen LogP contribution in [0.3, 0.4) is 0 Å². The summed E-state index contributed by atoms with van der Waals surface area (Å²) in [5, 5.41) is 2.42. The number of aromatic nitrogens is 3. The van der Waals surface area contributed by atoms with Gasteiger partial charge in [0.05, 0.1) is 33.5 Å². The van der Waals surface area contributed by atoms with Crippen LogP contribution in [0.1, 0.15) is 0 Å². The topological polar surface area (TPSA) is 34.0 Å². The first kappa shape index (κ1) is 31.4. The van der Waals surface area contributed by atoms with Crippen molar-refractivity contribution in [2.75, 3.05) is 4.90 Å². The van der Waals surface area contributed by atoms with Crippen LogP contribution in [-0.2, 0) is 0 Å². The average molecular weight is 691 g/mol. The smallest absolute Gasteiger partial charge is 0.0973 e. The van der Waals surface area contributed by atoms with Crippen LogP contribution in [0.4, 0.5) is 17.1 Å². The predicted octanol–water partition coefficient (Wildman–Crippen LogP) is 13.2. The first-order chi connectivity index (χ1) is 26.8. The minimum absolute atomic E-state index is 0.865. The van der Waals surface area contributed by atoms with Crippen molar-refractivity contribution in [3.63, 3.8) is 0 Å². The summed E-state index contributed by atoms with van der Waals surface area (Å²) in [7, 11) is 0. The highest BCUT2D eigenvalue weighted by atomic mass is 15.1. The van der Waals surface area contributed by atoms with Gasteiger partial charge >= 0.3 is 0 Å². The van der Waals surface area contributed by atoms with Crippen LogP contribution in [0, 0.1) is 0 Å². The first-order valence-electron chi connectivity index (χ1n) is 18.3. The van der Waals surface area contributed by atoms with Crippen molar-refractivity contribution in [1.29, 1.82) is 0 Å². The summed E-state index contributed by atoms with van der Waals surface area (Å²) >= 11 is 0. The van der Waals surface area contributed by atoms with Crippen molar-refractivity contribution in [3.8, 4) is 39.3 Å². The number of nitrogens with zero attached hydrogens (tertiary/aromatic N) is 4. The molecule has 10 aromatic rings. The van der Waals surface area contributed by atoms with E-state index in [4.69, 9.17) is 9.97 Å². The second kappa shape index (κ2) is 13.4. The van der Waals surface area contributed by atoms with Crippen LogP contribution < -0.4 is 4.90 Å². The molecule has 0 aliphatic rings. The minimum Gasteiger partial charge on any atom is -0.310 e. The zero-order chi connectivity index (χ0) is 35.8. The van der Waals surface area contributed by atoms with Gasteiger partial charge in [0, 0.05) is 44.6 Å². The monoisotopic (exact) mass is 690 g/mol. The molecule has 0 saturated carbocycles. The second-order valence-corrected chi connectivity index (χ2v) is 13.5. The lowest BCUT2D eigenvalue weighted by molar-refractivity contribution is 1.18. The summed E-state index contributed by atoms with van der Waals surface area (Å²) in [6, 6.07) is 72.6. The normalized spacial score (nSPS) is 11.3. The zero-order valence-corrected chi connectivity index (χ0v) is 29.4. The molecule has 0 fully saturated rings. The van der Waals surface area contributed by atoms with Gasteiger partial charge in [0.1, 0.15) is 0 Å². The van der Waals surface area contributed by atoms with Crippen molar-refractivity contribution >= 4 is 49.9 Å². The fourth-order valence-corrected chi connectivity index (χ4v) is 7.60. The van der Waals surface area contributed by atoms with E-state index in [2.05, 4.69) is 173 Å². The van der Waals surface area contributed by atoms with Crippen molar-refractivity contribution in [2.24, 2.45) is 0 Å². The van der Waals surface area contributed by atoms with Gasteiger partial charge in [0.2, 0.25) is 0 Å². The molecule has 0 bridgehead atoms. The van der Waals surface area contributed by atoms with Gasteiger partial charge in [0.25, 0.3) is 0 Å². The van der Waals surface area contributed by atoms with Crippen LogP contribution in [0.25, 0.3) is 72.2 Å². The number of hydrogen-bond donors (Lipinski definition) is 0. The number of anilines is 3. The molecule has 0 spiro atoms. The largest absolute Gasteiger partial charge is 0.310 e. The van der Waals surface area contributed by atoms with Gasteiger partial charge in [0.15, 0.2) is 0 Å². The summed E-state index contributed by atoms with van der Waals surface area (Å²) in [6.45, 7) is 0. The molecule has 8 aromatic carbocycles. The molecule has 0 amide bonds. The molecule has 2 heterocycles. The Kier molecular flexibility index (Phi) is 7.77. The molecule has 0 N–H and O–H groups in total. The maximum Gasteiger partial charge on any atom is 0.0973 e. The third-order valence-electron chi connectivity index (χ3n) is 10.2. The fourth-order valence-electron chi connectivity index (χ4n) is 7.60. The maximum absolute atomic E-state index is 5.14. The van der Waals surface area contributed by atoms with Crippen LogP contribution in [0.2, 0.25) is 0 Å². The lowest BCUT2D eigenvalue weighted by Gasteiger charge is -2.26. The third kappa shape index (κ3) is 5.58. The summed E-state index contributed by atoms with van der Waals surface area (Å²) in [5.41, 5.74) is 14.7. The second-order valence-electron chi connectivity index (χ2n) is 13.5. The molecule has 0 aliphatic carbocycles. The Bertz CT molecular complexity index is 2900. The number of benzene rings is 8. The van der Waals surface area contributed by atoms with Crippen LogP contribution in [0.15, 0.2) is 206 Å². The number of rotatable bonds is 7. The van der Waals surface area contributed by atoms with Gasteiger partial charge in [-0.2, -0.15) is 0 Å². The molecular weight excluding hydrogens is 657 g/mol. The van der Waals surface area contributed by atoms with E-state index in [9.17, 15) is 0 Å². The molecule has 4 nitrogen and oxygen atoms in total. The van der Waals surface area contributed by atoms with Gasteiger partial charge in [-0.25, -0.2) is 9.97 Å². The van der Waals surface area contributed by atoms with Crippen molar-refractivity contribution in [3.05, 3.63) is 206 Å². The Morgan fingerprint density at radius 3 is 1.46 bits per heavy atom. The van der Waals surface area contributed by atoms with Crippen molar-refractivity contribution in [1.82, 2.24) is 14.5 Å². The summed E-state index contributed by atoms with van der Waals surface area (Å²) in [6.07, 6.45) is 0. The lowest BCUT2D eigenvalue weighted by Crippen LogP contribution is -2.09. The summed E-state index contributed by atoms with van der Waals surface area (Å²) in [5.74, 6) is 0. The fraction of sp³-hybridized carbons (Fsp3) is 0. The molecule has 254 valence electrons. The lowest BCUT2D eigenvalue weighted by atomic mass is 10.0. The van der Waals surface area contributed by atoms with E-state index in [1.54, 1.807) is 0 Å². The van der Waals surface area contributed by atoms with Gasteiger partial charge in [-0.05, 0) is 83.9 Å². The number of hydrogen-bond acceptors (Lipinski definition) is 3. The highest BCUT2D eigenvalue weighted by Crippen LogP contribution is 2.41. The van der Waals surface area contributed by atoms with E-state index in [1.165, 1.54) is 32.9 Å². The third-order valence-corrected chi connectivity index (χ3v) is 10.2. The van der Waals surface area contributed by atoms with Gasteiger partial charge < -0.3 is 9.47 Å². The molecule has 0 radical (unpaired) electrons. The summed E-state index contributed by atoms with van der Waals surface area (Å²) in [4.78, 5) is 12.6. The molecule has 4 heteroatoms. The minimum atomic E-state index is 0.865. The Morgan fingerprint density at radius 1 is 0.333 bits per heavy atom. The van der Waals surface area contributed by atoms with Crippen LogP contribution >= 0.6 is 0 Å². The van der Waals surface area contributed by atoms with Crippen LogP contribution in [-0.4, -0.2) is 14.5 Å². The molecule has 54 heavy (non-hydrogen) atoms. The molecule has 0 aliphatic heterocycles. The SMILES string of the molecule is c1ccc(-c2ccc(-n3c4ccccc4c4cc(N(c5ccccc5)c5ccc(-c6nc7ccccc7nc6-c6ccccc6)cc5)ccc43)cc2)cc1. The molecule has 0 saturated heterocycles. The predicted molar refractivity (Wildman–Crippen MR) is 225 cm³/mol. The highest BCUT2D eigenvalue weighted by Gasteiger charge is 2.19. The Hall–Kier alpha value is -7.30. The van der Waals surface area contributed by atoms with Gasteiger partial charge in [-0.1, -0.05) is 133 Å². The Balaban J connectivity index is 1.08. The van der Waals surface area contributed by atoms with Gasteiger partial charge in [-0.15, -0.1) is 0 Å². The average Bonchev–Trinajstić information content (AvgIpc) is 3.58. The standard InChI is InChI=1S/C50H34N4/c1-4-14-35(15-5-1)36-24-28-41(29-25-36)54-47-23-13-10-20-43(47)44-34-42(32-33-48(44)54)53(39-18-8-3-9-19-39)40-30-26-38(27-31-40)50-49(37-16-6-2-7-17-37)51-45-21-11-12-22-46(45)52-50/h1-34H. The number of para-hydroxylation sites is 4. The molecule has 0 unspecified atom stereocenters. The zero-order valence-electron chi connectivity index (χ0n) is 29.4. The number of fused-ring (bicyclic) bond motifs is 4. The Morgan fingerprint density at radius 2 is 0.796 bits per heavy atom. The summed E-state index contributed by atoms with van der Waals surface area (Å²) < 4.78 is 2.37. The van der Waals surface area contributed by atoms with Crippen molar-refractivity contribution in [2.45, 2.75) is 0 Å². The van der Waals surface area contributed by atoms with Gasteiger partial charge in [-0.3, -0.25) is 0 Å². The van der Waals surface area contributed by atoms with Crippen LogP contribution in [0.5, 0.6) is 0 Å². The highest BCUT2D eigenvalue weighted by molar-refractivity contribution is 6.10. The van der Waals surface area contributed by atoms with Crippen molar-refractivity contribution < 1.29 is 0 Å². The first-order valence-corrected chi connectivity index (χ1v) is 18.3. The molecule has 10 rings (SSSR count).